The van der Waals surface area contributed by atoms with Crippen molar-refractivity contribution >= 4 is 21.7 Å². The standard InChI is InChI=1S/C13H22BrN3/c1-3-4-11(7-8-15)9-16-13-6-5-12(14)10(2)17-13/h5-6,11H,3-4,7-9,15H2,1-2H3,(H,16,17). The van der Waals surface area contributed by atoms with Crippen molar-refractivity contribution in [3.05, 3.63) is 22.3 Å². The summed E-state index contributed by atoms with van der Waals surface area (Å²) >= 11 is 3.45. The van der Waals surface area contributed by atoms with Crippen LogP contribution in [0.2, 0.25) is 0 Å². The Hall–Kier alpha value is -0.610. The van der Waals surface area contributed by atoms with Gasteiger partial charge in [-0.25, -0.2) is 4.98 Å². The molecule has 1 heterocycles. The van der Waals surface area contributed by atoms with Gasteiger partial charge in [0.2, 0.25) is 0 Å². The third-order valence-electron chi connectivity index (χ3n) is 2.87. The van der Waals surface area contributed by atoms with Gasteiger partial charge in [-0.3, -0.25) is 0 Å². The third kappa shape index (κ3) is 5.04. The second kappa shape index (κ2) is 7.67. The molecule has 0 spiro atoms. The van der Waals surface area contributed by atoms with Gasteiger partial charge in [0.15, 0.2) is 0 Å². The van der Waals surface area contributed by atoms with E-state index in [0.717, 1.165) is 35.5 Å². The predicted octanol–water partition coefficient (Wildman–Crippen LogP) is 3.33. The van der Waals surface area contributed by atoms with Gasteiger partial charge in [-0.15, -0.1) is 0 Å². The van der Waals surface area contributed by atoms with Crippen molar-refractivity contribution in [1.82, 2.24) is 4.98 Å². The van der Waals surface area contributed by atoms with Crippen molar-refractivity contribution in [2.45, 2.75) is 33.1 Å². The second-order valence-corrected chi connectivity index (χ2v) is 5.23. The molecular weight excluding hydrogens is 278 g/mol. The fourth-order valence-corrected chi connectivity index (χ4v) is 2.10. The van der Waals surface area contributed by atoms with Gasteiger partial charge in [0.05, 0.1) is 5.69 Å². The van der Waals surface area contributed by atoms with Crippen molar-refractivity contribution < 1.29 is 0 Å². The topological polar surface area (TPSA) is 50.9 Å². The van der Waals surface area contributed by atoms with Crippen LogP contribution in [-0.4, -0.2) is 18.1 Å². The minimum absolute atomic E-state index is 0.649. The van der Waals surface area contributed by atoms with Crippen LogP contribution >= 0.6 is 15.9 Å². The van der Waals surface area contributed by atoms with E-state index in [9.17, 15) is 0 Å². The minimum Gasteiger partial charge on any atom is -0.370 e. The van der Waals surface area contributed by atoms with Crippen LogP contribution in [0.25, 0.3) is 0 Å². The first-order chi connectivity index (χ1) is 8.17. The maximum Gasteiger partial charge on any atom is 0.126 e. The predicted molar refractivity (Wildman–Crippen MR) is 77.2 cm³/mol. The molecule has 1 aromatic rings. The molecule has 1 atom stereocenters. The summed E-state index contributed by atoms with van der Waals surface area (Å²) in [5.74, 6) is 1.60. The normalized spacial score (nSPS) is 12.5. The summed E-state index contributed by atoms with van der Waals surface area (Å²) < 4.78 is 1.05. The number of aromatic nitrogens is 1. The molecule has 0 aliphatic rings. The Balaban J connectivity index is 2.49. The average Bonchev–Trinajstić information content (AvgIpc) is 2.31. The molecule has 0 saturated carbocycles. The zero-order valence-electron chi connectivity index (χ0n) is 10.7. The van der Waals surface area contributed by atoms with Crippen LogP contribution in [0.15, 0.2) is 16.6 Å². The van der Waals surface area contributed by atoms with Crippen LogP contribution in [0.5, 0.6) is 0 Å². The molecule has 96 valence electrons. The molecular formula is C13H22BrN3. The summed E-state index contributed by atoms with van der Waals surface area (Å²) in [5.41, 5.74) is 6.64. The van der Waals surface area contributed by atoms with Crippen molar-refractivity contribution in [2.75, 3.05) is 18.4 Å². The number of halogens is 1. The van der Waals surface area contributed by atoms with E-state index in [1.165, 1.54) is 12.8 Å². The zero-order valence-corrected chi connectivity index (χ0v) is 12.3. The SMILES string of the molecule is CCCC(CCN)CNc1ccc(Br)c(C)n1. The fourth-order valence-electron chi connectivity index (χ4n) is 1.88. The summed E-state index contributed by atoms with van der Waals surface area (Å²) in [7, 11) is 0. The molecule has 0 bridgehead atoms. The highest BCUT2D eigenvalue weighted by molar-refractivity contribution is 9.10. The Morgan fingerprint density at radius 1 is 1.41 bits per heavy atom. The van der Waals surface area contributed by atoms with Crippen molar-refractivity contribution in [2.24, 2.45) is 11.7 Å². The lowest BCUT2D eigenvalue weighted by Gasteiger charge is -2.16. The highest BCUT2D eigenvalue weighted by Crippen LogP contribution is 2.17. The Morgan fingerprint density at radius 3 is 2.76 bits per heavy atom. The van der Waals surface area contributed by atoms with Gasteiger partial charge in [-0.05, 0) is 60.3 Å². The Morgan fingerprint density at radius 2 is 2.18 bits per heavy atom. The van der Waals surface area contributed by atoms with Crippen molar-refractivity contribution in [1.29, 1.82) is 0 Å². The number of nitrogens with one attached hydrogen (secondary N) is 1. The Kier molecular flexibility index (Phi) is 6.52. The van der Waals surface area contributed by atoms with Gasteiger partial charge >= 0.3 is 0 Å². The summed E-state index contributed by atoms with van der Waals surface area (Å²) in [5, 5.41) is 3.39. The van der Waals surface area contributed by atoms with E-state index >= 15 is 0 Å². The van der Waals surface area contributed by atoms with E-state index in [1.54, 1.807) is 0 Å². The van der Waals surface area contributed by atoms with Crippen molar-refractivity contribution in [3.8, 4) is 0 Å². The van der Waals surface area contributed by atoms with Crippen molar-refractivity contribution in [3.63, 3.8) is 0 Å². The van der Waals surface area contributed by atoms with E-state index < -0.39 is 0 Å². The third-order valence-corrected chi connectivity index (χ3v) is 3.70. The highest BCUT2D eigenvalue weighted by Gasteiger charge is 2.07. The molecule has 0 aliphatic heterocycles. The van der Waals surface area contributed by atoms with E-state index in [1.807, 2.05) is 19.1 Å². The molecule has 1 aromatic heterocycles. The number of aryl methyl sites for hydroxylation is 1. The number of nitrogens with zero attached hydrogens (tertiary/aromatic N) is 1. The van der Waals surface area contributed by atoms with Crippen LogP contribution in [0.4, 0.5) is 5.82 Å². The Labute approximate surface area is 112 Å². The molecule has 0 fully saturated rings. The molecule has 1 unspecified atom stereocenters. The molecule has 0 aliphatic carbocycles. The fraction of sp³-hybridized carbons (Fsp3) is 0.615. The number of hydrogen-bond acceptors (Lipinski definition) is 3. The maximum atomic E-state index is 5.62. The molecule has 17 heavy (non-hydrogen) atoms. The van der Waals surface area contributed by atoms with Gasteiger partial charge in [0.25, 0.3) is 0 Å². The lowest BCUT2D eigenvalue weighted by Crippen LogP contribution is -2.18. The zero-order chi connectivity index (χ0) is 12.7. The van der Waals surface area contributed by atoms with Crippen LogP contribution in [0.1, 0.15) is 31.9 Å². The monoisotopic (exact) mass is 299 g/mol. The van der Waals surface area contributed by atoms with E-state index in [0.29, 0.717) is 5.92 Å². The molecule has 3 N–H and O–H groups in total. The summed E-state index contributed by atoms with van der Waals surface area (Å²) in [6.45, 7) is 5.93. The van der Waals surface area contributed by atoms with E-state index in [-0.39, 0.29) is 0 Å². The quantitative estimate of drug-likeness (QED) is 0.812. The van der Waals surface area contributed by atoms with Gasteiger partial charge in [0.1, 0.15) is 5.82 Å². The van der Waals surface area contributed by atoms with Gasteiger partial charge < -0.3 is 11.1 Å². The molecule has 0 radical (unpaired) electrons. The van der Waals surface area contributed by atoms with E-state index in [4.69, 9.17) is 5.73 Å². The lowest BCUT2D eigenvalue weighted by molar-refractivity contribution is 0.473. The smallest absolute Gasteiger partial charge is 0.126 e. The first-order valence-electron chi connectivity index (χ1n) is 6.24. The molecule has 4 heteroatoms. The molecule has 1 rings (SSSR count). The second-order valence-electron chi connectivity index (χ2n) is 4.38. The van der Waals surface area contributed by atoms with E-state index in [2.05, 4.69) is 33.2 Å². The number of rotatable bonds is 7. The molecule has 0 aromatic carbocycles. The summed E-state index contributed by atoms with van der Waals surface area (Å²) in [6, 6.07) is 4.03. The summed E-state index contributed by atoms with van der Waals surface area (Å²) in [6.07, 6.45) is 3.51. The minimum atomic E-state index is 0.649. The van der Waals surface area contributed by atoms with Gasteiger partial charge in [-0.1, -0.05) is 13.3 Å². The largest absolute Gasteiger partial charge is 0.370 e. The van der Waals surface area contributed by atoms with Crippen LogP contribution < -0.4 is 11.1 Å². The number of anilines is 1. The molecule has 0 amide bonds. The number of pyridine rings is 1. The number of hydrogen-bond donors (Lipinski definition) is 2. The van der Waals surface area contributed by atoms with Crippen LogP contribution in [0, 0.1) is 12.8 Å². The number of nitrogens with two attached hydrogens (primary N) is 1. The summed E-state index contributed by atoms with van der Waals surface area (Å²) in [4.78, 5) is 4.48. The van der Waals surface area contributed by atoms with Gasteiger partial charge in [-0.2, -0.15) is 0 Å². The average molecular weight is 300 g/mol. The lowest BCUT2D eigenvalue weighted by atomic mass is 10.00. The first-order valence-corrected chi connectivity index (χ1v) is 7.03. The van der Waals surface area contributed by atoms with Crippen LogP contribution in [0.3, 0.4) is 0 Å². The molecule has 3 nitrogen and oxygen atoms in total. The Bertz CT molecular complexity index is 335. The molecule has 0 saturated heterocycles. The maximum absolute atomic E-state index is 5.62. The van der Waals surface area contributed by atoms with Gasteiger partial charge in [0, 0.05) is 11.0 Å². The first kappa shape index (κ1) is 14.5. The highest BCUT2D eigenvalue weighted by atomic mass is 79.9. The van der Waals surface area contributed by atoms with Crippen LogP contribution in [-0.2, 0) is 0 Å².